The molecule has 2 heterocycles. The Labute approximate surface area is 252 Å². The Morgan fingerprint density at radius 1 is 0.721 bits per heavy atom. The van der Waals surface area contributed by atoms with Gasteiger partial charge in [-0.1, -0.05) is 120 Å². The van der Waals surface area contributed by atoms with E-state index >= 15 is 0 Å². The Hall–Kier alpha value is -2.41. The van der Waals surface area contributed by atoms with Crippen LogP contribution in [0.15, 0.2) is 72.8 Å². The van der Waals surface area contributed by atoms with Crippen LogP contribution in [-0.4, -0.2) is 29.0 Å². The molecule has 0 amide bonds. The van der Waals surface area contributed by atoms with Crippen molar-refractivity contribution < 1.29 is 35.2 Å². The molecular weight excluding hydrogens is 599 g/mol. The van der Waals surface area contributed by atoms with E-state index in [0.717, 1.165) is 18.2 Å². The quantitative estimate of drug-likeness (QED) is 0.205. The summed E-state index contributed by atoms with van der Waals surface area (Å²) in [5.41, 5.74) is -1.92. The summed E-state index contributed by atoms with van der Waals surface area (Å²) < 4.78 is 93.7. The largest absolute Gasteiger partial charge is 0.429 e. The van der Waals surface area contributed by atoms with Gasteiger partial charge in [-0.15, -0.1) is 0 Å². The summed E-state index contributed by atoms with van der Waals surface area (Å²) in [7, 11) is -5.26. The number of rotatable bonds is 5. The molecule has 0 bridgehead atoms. The molecule has 0 N–H and O–H groups in total. The monoisotopic (exact) mass is 638 g/mol. The predicted octanol–water partition coefficient (Wildman–Crippen LogP) is 9.32. The van der Waals surface area contributed by atoms with Crippen molar-refractivity contribution in [2.24, 2.45) is 0 Å². The third kappa shape index (κ3) is 5.32. The topological polar surface area (TPSA) is 18.5 Å². The van der Waals surface area contributed by atoms with Gasteiger partial charge in [0.05, 0.1) is 6.10 Å². The van der Waals surface area contributed by atoms with Crippen molar-refractivity contribution in [1.29, 1.82) is 0 Å². The van der Waals surface area contributed by atoms with E-state index in [4.69, 9.17) is 8.85 Å². The number of hydrogen-bond acceptors (Lipinski definition) is 2. The highest BCUT2D eigenvalue weighted by atomic mass is 28.4. The lowest BCUT2D eigenvalue weighted by molar-refractivity contribution is -0.365. The fraction of sp³-hybridized carbons (Fsp3) is 0.455. The number of halogens is 6. The van der Waals surface area contributed by atoms with Crippen LogP contribution in [0, 0.1) is 6.92 Å². The van der Waals surface area contributed by atoms with E-state index < -0.39 is 51.2 Å². The van der Waals surface area contributed by atoms with Crippen LogP contribution in [0.2, 0.25) is 23.2 Å². The number of aryl methyl sites for hydroxylation is 1. The van der Waals surface area contributed by atoms with Crippen molar-refractivity contribution in [3.05, 3.63) is 95.1 Å². The molecule has 2 aliphatic heterocycles. The van der Waals surface area contributed by atoms with Gasteiger partial charge in [-0.25, -0.2) is 0 Å². The third-order valence-corrected chi connectivity index (χ3v) is 18.9. The maximum Gasteiger partial charge on any atom is 0.429 e. The Kier molecular flexibility index (Phi) is 9.22. The fourth-order valence-electron chi connectivity index (χ4n) is 6.88. The average molecular weight is 639 g/mol. The number of hydrogen-bond donors (Lipinski definition) is 0. The van der Waals surface area contributed by atoms with E-state index in [1.54, 1.807) is 27.7 Å². The zero-order chi connectivity index (χ0) is 32.0. The molecule has 1 unspecified atom stereocenters. The Morgan fingerprint density at radius 3 is 1.70 bits per heavy atom. The molecular formula is C33H40F6O2Si2. The second-order valence-corrected chi connectivity index (χ2v) is 20.9. The lowest BCUT2D eigenvalue weighted by Crippen LogP contribution is -2.59. The van der Waals surface area contributed by atoms with E-state index in [0.29, 0.717) is 0 Å². The van der Waals surface area contributed by atoms with Crippen molar-refractivity contribution in [1.82, 2.24) is 0 Å². The number of benzene rings is 3. The van der Waals surface area contributed by atoms with Gasteiger partial charge in [0.15, 0.2) is 0 Å². The first-order chi connectivity index (χ1) is 20.0. The molecule has 2 aliphatic rings. The Balaban J connectivity index is 0.000000198. The molecule has 3 aromatic carbocycles. The summed E-state index contributed by atoms with van der Waals surface area (Å²) in [5, 5.41) is 1.61. The van der Waals surface area contributed by atoms with Gasteiger partial charge in [0.1, 0.15) is 0 Å². The van der Waals surface area contributed by atoms with Gasteiger partial charge in [0, 0.05) is 5.56 Å². The highest BCUT2D eigenvalue weighted by Gasteiger charge is 2.79. The molecule has 0 spiro atoms. The minimum Gasteiger partial charge on any atom is -0.401 e. The lowest BCUT2D eigenvalue weighted by atomic mass is 9.92. The van der Waals surface area contributed by atoms with Crippen molar-refractivity contribution in [3.8, 4) is 0 Å². The van der Waals surface area contributed by atoms with Crippen molar-refractivity contribution in [3.63, 3.8) is 0 Å². The molecule has 0 saturated heterocycles. The van der Waals surface area contributed by atoms with Crippen LogP contribution in [-0.2, 0) is 14.5 Å². The zero-order valence-corrected chi connectivity index (χ0v) is 27.7. The van der Waals surface area contributed by atoms with E-state index in [1.807, 2.05) is 0 Å². The Bertz CT molecular complexity index is 1390. The van der Waals surface area contributed by atoms with Crippen LogP contribution in [0.3, 0.4) is 0 Å². The summed E-state index contributed by atoms with van der Waals surface area (Å²) in [6.45, 7) is 13.2. The van der Waals surface area contributed by atoms with Gasteiger partial charge in [0.25, 0.3) is 5.60 Å². The SMILES string of the molecule is CC(C)[Si]1(C(C)C)OC(C(F)(F)F)(C(F)(F)F)c2ccccc21.CC[Si]1(CC)OC(c2ccc(C)cc2)c2ccccc21. The van der Waals surface area contributed by atoms with Gasteiger partial charge in [-0.05, 0) is 51.6 Å². The van der Waals surface area contributed by atoms with Crippen molar-refractivity contribution in [2.75, 3.05) is 0 Å². The van der Waals surface area contributed by atoms with Crippen molar-refractivity contribution >= 4 is 27.0 Å². The van der Waals surface area contributed by atoms with Gasteiger partial charge >= 0.3 is 12.4 Å². The zero-order valence-electron chi connectivity index (χ0n) is 25.7. The van der Waals surface area contributed by atoms with Crippen LogP contribution in [0.5, 0.6) is 0 Å². The summed E-state index contributed by atoms with van der Waals surface area (Å²) in [4.78, 5) is 0. The number of alkyl halides is 6. The van der Waals surface area contributed by atoms with Crippen LogP contribution < -0.4 is 10.4 Å². The van der Waals surface area contributed by atoms with E-state index in [9.17, 15) is 26.3 Å². The first kappa shape index (κ1) is 33.5. The molecule has 3 aromatic rings. The average Bonchev–Trinajstić information content (AvgIpc) is 3.47. The van der Waals surface area contributed by atoms with Gasteiger partial charge < -0.3 is 8.85 Å². The molecule has 0 aromatic heterocycles. The molecule has 1 atom stereocenters. The normalized spacial score (nSPS) is 20.0. The molecule has 0 aliphatic carbocycles. The molecule has 10 heteroatoms. The van der Waals surface area contributed by atoms with E-state index in [-0.39, 0.29) is 11.3 Å². The molecule has 43 heavy (non-hydrogen) atoms. The lowest BCUT2D eigenvalue weighted by Gasteiger charge is -2.40. The van der Waals surface area contributed by atoms with E-state index in [2.05, 4.69) is 69.3 Å². The summed E-state index contributed by atoms with van der Waals surface area (Å²) in [6.07, 6.45) is -11.0. The molecule has 5 rings (SSSR count). The second kappa shape index (κ2) is 11.8. The van der Waals surface area contributed by atoms with Crippen molar-refractivity contribution in [2.45, 2.75) is 95.7 Å². The smallest absolute Gasteiger partial charge is 0.401 e. The van der Waals surface area contributed by atoms with Gasteiger partial charge in [0.2, 0.25) is 16.6 Å². The predicted molar refractivity (Wildman–Crippen MR) is 164 cm³/mol. The van der Waals surface area contributed by atoms with Crippen LogP contribution in [0.4, 0.5) is 26.3 Å². The number of fused-ring (bicyclic) bond motifs is 2. The van der Waals surface area contributed by atoms with Crippen LogP contribution in [0.25, 0.3) is 0 Å². The van der Waals surface area contributed by atoms with E-state index in [1.165, 1.54) is 40.1 Å². The summed E-state index contributed by atoms with van der Waals surface area (Å²) in [6, 6.07) is 24.9. The molecule has 0 fully saturated rings. The minimum atomic E-state index is -5.58. The maximum atomic E-state index is 13.6. The van der Waals surface area contributed by atoms with Crippen LogP contribution >= 0.6 is 0 Å². The first-order valence-electron chi connectivity index (χ1n) is 14.8. The second-order valence-electron chi connectivity index (χ2n) is 12.1. The fourth-order valence-corrected chi connectivity index (χ4v) is 15.5. The third-order valence-electron chi connectivity index (χ3n) is 9.16. The van der Waals surface area contributed by atoms with Gasteiger partial charge in [-0.2, -0.15) is 26.3 Å². The highest BCUT2D eigenvalue weighted by molar-refractivity contribution is 6.90. The maximum absolute atomic E-state index is 13.6. The van der Waals surface area contributed by atoms with Crippen LogP contribution in [0.1, 0.15) is 69.9 Å². The summed E-state index contributed by atoms with van der Waals surface area (Å²) >= 11 is 0. The standard InChI is InChI=1S/C18H22OSi.C15H18F6OSi/c1-4-20(5-2)17-9-7-6-8-16(17)18(19-20)15-12-10-14(3)11-13-15;1-9(2)23(10(3)4)12-8-6-5-7-11(12)13(22-23,14(16,17)18)15(19,20)21/h6-13,18H,4-5H2,1-3H3;5-10H,1-4H3. The molecule has 0 saturated carbocycles. The molecule has 2 nitrogen and oxygen atoms in total. The Morgan fingerprint density at radius 2 is 1.21 bits per heavy atom. The highest BCUT2D eigenvalue weighted by Crippen LogP contribution is 2.59. The molecule has 234 valence electrons. The molecule has 0 radical (unpaired) electrons. The summed E-state index contributed by atoms with van der Waals surface area (Å²) in [5.74, 6) is 0. The first-order valence-corrected chi connectivity index (χ1v) is 19.2. The minimum absolute atomic E-state index is 0.0969. The van der Waals surface area contributed by atoms with Gasteiger partial charge in [-0.3, -0.25) is 0 Å².